The topological polar surface area (TPSA) is 65.0 Å². The average Bonchev–Trinajstić information content (AvgIpc) is 3.28. The molecule has 0 amide bonds. The molecule has 2 aromatic heterocycles. The van der Waals surface area contributed by atoms with E-state index in [0.29, 0.717) is 22.8 Å². The standard InChI is InChI=1S/C19H15N3O2S/c1-13-21-22-16(23-13)12-25-19-20-17(14-8-4-2-5-9-14)18(24-19)15-10-6-3-7-11-15/h2-11H,12H2,1H3. The van der Waals surface area contributed by atoms with Crippen molar-refractivity contribution in [2.24, 2.45) is 0 Å². The van der Waals surface area contributed by atoms with Gasteiger partial charge in [-0.1, -0.05) is 72.4 Å². The van der Waals surface area contributed by atoms with Gasteiger partial charge < -0.3 is 8.83 Å². The molecule has 124 valence electrons. The second-order valence-corrected chi connectivity index (χ2v) is 6.32. The van der Waals surface area contributed by atoms with Gasteiger partial charge in [0, 0.05) is 18.1 Å². The van der Waals surface area contributed by atoms with Crippen molar-refractivity contribution in [3.8, 4) is 22.6 Å². The lowest BCUT2D eigenvalue weighted by Gasteiger charge is -2.00. The summed E-state index contributed by atoms with van der Waals surface area (Å²) in [5, 5.41) is 8.41. The van der Waals surface area contributed by atoms with Gasteiger partial charge in [-0.3, -0.25) is 0 Å². The third kappa shape index (κ3) is 3.49. The molecule has 0 aliphatic rings. The van der Waals surface area contributed by atoms with E-state index in [2.05, 4.69) is 15.2 Å². The van der Waals surface area contributed by atoms with Crippen LogP contribution in [0.3, 0.4) is 0 Å². The normalized spacial score (nSPS) is 10.9. The summed E-state index contributed by atoms with van der Waals surface area (Å²) in [4.78, 5) is 4.69. The molecule has 0 saturated carbocycles. The van der Waals surface area contributed by atoms with Crippen LogP contribution in [0.25, 0.3) is 22.6 Å². The van der Waals surface area contributed by atoms with Crippen molar-refractivity contribution in [2.45, 2.75) is 17.9 Å². The van der Waals surface area contributed by atoms with Crippen LogP contribution in [0.5, 0.6) is 0 Å². The van der Waals surface area contributed by atoms with E-state index in [1.807, 2.05) is 60.7 Å². The monoisotopic (exact) mass is 349 g/mol. The van der Waals surface area contributed by atoms with Crippen LogP contribution >= 0.6 is 11.8 Å². The molecule has 2 heterocycles. The summed E-state index contributed by atoms with van der Waals surface area (Å²) >= 11 is 1.44. The van der Waals surface area contributed by atoms with Crippen LogP contribution in [0.2, 0.25) is 0 Å². The molecule has 2 aromatic carbocycles. The Balaban J connectivity index is 1.68. The molecule has 0 N–H and O–H groups in total. The SMILES string of the molecule is Cc1nnc(CSc2nc(-c3ccccc3)c(-c3ccccc3)o2)o1. The minimum absolute atomic E-state index is 0.518. The molecule has 4 rings (SSSR count). The van der Waals surface area contributed by atoms with Crippen molar-refractivity contribution >= 4 is 11.8 Å². The number of rotatable bonds is 5. The molecule has 0 fully saturated rings. The van der Waals surface area contributed by atoms with Crippen LogP contribution in [0, 0.1) is 6.92 Å². The van der Waals surface area contributed by atoms with Crippen LogP contribution in [-0.4, -0.2) is 15.2 Å². The summed E-state index contributed by atoms with van der Waals surface area (Å²) < 4.78 is 11.4. The van der Waals surface area contributed by atoms with E-state index in [1.54, 1.807) is 6.92 Å². The second-order valence-electron chi connectivity index (χ2n) is 5.39. The summed E-state index contributed by atoms with van der Waals surface area (Å²) in [5.41, 5.74) is 2.84. The Hall–Kier alpha value is -2.86. The van der Waals surface area contributed by atoms with E-state index >= 15 is 0 Å². The lowest BCUT2D eigenvalue weighted by molar-refractivity contribution is 0.462. The van der Waals surface area contributed by atoms with Gasteiger partial charge in [-0.25, -0.2) is 4.98 Å². The van der Waals surface area contributed by atoms with Gasteiger partial charge in [-0.2, -0.15) is 0 Å². The third-order valence-corrected chi connectivity index (χ3v) is 4.39. The zero-order valence-electron chi connectivity index (χ0n) is 13.5. The third-order valence-electron chi connectivity index (χ3n) is 3.58. The number of benzene rings is 2. The molecular weight excluding hydrogens is 334 g/mol. The van der Waals surface area contributed by atoms with Crippen LogP contribution in [0.4, 0.5) is 0 Å². The predicted octanol–water partition coefficient (Wildman–Crippen LogP) is 4.99. The first-order valence-electron chi connectivity index (χ1n) is 7.83. The van der Waals surface area contributed by atoms with E-state index in [4.69, 9.17) is 8.83 Å². The maximum absolute atomic E-state index is 6.05. The fourth-order valence-corrected chi connectivity index (χ4v) is 3.12. The largest absolute Gasteiger partial charge is 0.431 e. The van der Waals surface area contributed by atoms with E-state index in [0.717, 1.165) is 22.6 Å². The Morgan fingerprint density at radius 2 is 1.52 bits per heavy atom. The van der Waals surface area contributed by atoms with E-state index in [-0.39, 0.29) is 0 Å². The number of oxazole rings is 1. The molecule has 4 aromatic rings. The Labute approximate surface area is 149 Å². The summed E-state index contributed by atoms with van der Waals surface area (Å²) in [7, 11) is 0. The lowest BCUT2D eigenvalue weighted by Crippen LogP contribution is -1.82. The number of nitrogens with zero attached hydrogens (tertiary/aromatic N) is 3. The highest BCUT2D eigenvalue weighted by Gasteiger charge is 2.17. The number of aryl methyl sites for hydroxylation is 1. The van der Waals surface area contributed by atoms with E-state index < -0.39 is 0 Å². The zero-order chi connectivity index (χ0) is 17.1. The van der Waals surface area contributed by atoms with Crippen molar-refractivity contribution in [2.75, 3.05) is 0 Å². The first kappa shape index (κ1) is 15.7. The maximum Gasteiger partial charge on any atom is 0.257 e. The fraction of sp³-hybridized carbons (Fsp3) is 0.105. The zero-order valence-corrected chi connectivity index (χ0v) is 14.4. The minimum Gasteiger partial charge on any atom is -0.431 e. The molecule has 0 atom stereocenters. The Morgan fingerprint density at radius 1 is 0.840 bits per heavy atom. The highest BCUT2D eigenvalue weighted by atomic mass is 32.2. The average molecular weight is 349 g/mol. The summed E-state index contributed by atoms with van der Waals surface area (Å²) in [6.45, 7) is 1.77. The van der Waals surface area contributed by atoms with Gasteiger partial charge in [0.05, 0.1) is 5.75 Å². The van der Waals surface area contributed by atoms with Crippen molar-refractivity contribution in [1.82, 2.24) is 15.2 Å². The minimum atomic E-state index is 0.518. The summed E-state index contributed by atoms with van der Waals surface area (Å²) in [6, 6.07) is 20.0. The summed E-state index contributed by atoms with van der Waals surface area (Å²) in [5.74, 6) is 2.39. The Kier molecular flexibility index (Phi) is 4.35. The highest BCUT2D eigenvalue weighted by molar-refractivity contribution is 7.98. The molecule has 5 nitrogen and oxygen atoms in total. The highest BCUT2D eigenvalue weighted by Crippen LogP contribution is 2.36. The fourth-order valence-electron chi connectivity index (χ4n) is 2.46. The molecule has 25 heavy (non-hydrogen) atoms. The predicted molar refractivity (Wildman–Crippen MR) is 96.0 cm³/mol. The van der Waals surface area contributed by atoms with Gasteiger partial charge in [-0.15, -0.1) is 10.2 Å². The Bertz CT molecular complexity index is 908. The molecule has 0 aliphatic carbocycles. The molecule has 0 unspecified atom stereocenters. The van der Waals surface area contributed by atoms with Crippen LogP contribution in [-0.2, 0) is 5.75 Å². The van der Waals surface area contributed by atoms with E-state index in [9.17, 15) is 0 Å². The smallest absolute Gasteiger partial charge is 0.257 e. The lowest BCUT2D eigenvalue weighted by atomic mass is 10.1. The van der Waals surface area contributed by atoms with Crippen molar-refractivity contribution in [3.05, 3.63) is 72.4 Å². The second kappa shape index (κ2) is 6.94. The molecule has 0 spiro atoms. The molecule has 0 saturated heterocycles. The van der Waals surface area contributed by atoms with Gasteiger partial charge in [-0.05, 0) is 0 Å². The number of aromatic nitrogens is 3. The molecule has 6 heteroatoms. The van der Waals surface area contributed by atoms with Gasteiger partial charge in [0.1, 0.15) is 5.69 Å². The van der Waals surface area contributed by atoms with Crippen LogP contribution < -0.4 is 0 Å². The van der Waals surface area contributed by atoms with Gasteiger partial charge in [0.2, 0.25) is 11.8 Å². The summed E-state index contributed by atoms with van der Waals surface area (Å²) in [6.07, 6.45) is 0. The number of hydrogen-bond donors (Lipinski definition) is 0. The molecule has 0 aliphatic heterocycles. The van der Waals surface area contributed by atoms with Crippen molar-refractivity contribution < 1.29 is 8.83 Å². The quantitative estimate of drug-likeness (QED) is 0.473. The van der Waals surface area contributed by atoms with Crippen LogP contribution in [0.15, 0.2) is 74.7 Å². The first-order valence-corrected chi connectivity index (χ1v) is 8.81. The number of hydrogen-bond acceptors (Lipinski definition) is 6. The van der Waals surface area contributed by atoms with Crippen molar-refractivity contribution in [1.29, 1.82) is 0 Å². The Morgan fingerprint density at radius 3 is 2.16 bits per heavy atom. The number of thioether (sulfide) groups is 1. The first-order chi connectivity index (χ1) is 12.3. The van der Waals surface area contributed by atoms with Gasteiger partial charge in [0.15, 0.2) is 5.76 Å². The molecule has 0 bridgehead atoms. The van der Waals surface area contributed by atoms with Crippen molar-refractivity contribution in [3.63, 3.8) is 0 Å². The van der Waals surface area contributed by atoms with Gasteiger partial charge in [0.25, 0.3) is 5.22 Å². The van der Waals surface area contributed by atoms with Gasteiger partial charge >= 0.3 is 0 Å². The molecule has 0 radical (unpaired) electrons. The maximum atomic E-state index is 6.05. The van der Waals surface area contributed by atoms with E-state index in [1.165, 1.54) is 11.8 Å². The van der Waals surface area contributed by atoms with Crippen LogP contribution in [0.1, 0.15) is 11.8 Å². The molecular formula is C19H15N3O2S.